The van der Waals surface area contributed by atoms with Gasteiger partial charge in [-0.3, -0.25) is 9.59 Å². The Morgan fingerprint density at radius 1 is 1.07 bits per heavy atom. The molecule has 2 heterocycles. The number of carbonyl (C=O) groups excluding carboxylic acids is 2. The van der Waals surface area contributed by atoms with Crippen molar-refractivity contribution in [3.8, 4) is 0 Å². The van der Waals surface area contributed by atoms with Crippen molar-refractivity contribution in [2.45, 2.75) is 120 Å². The normalized spacial score (nSPS) is 26.8. The van der Waals surface area contributed by atoms with Crippen molar-refractivity contribution in [2.75, 3.05) is 11.9 Å². The number of nitrogens with one attached hydrogen (secondary N) is 3. The number of rotatable bonds is 6. The third kappa shape index (κ3) is 6.64. The standard InChI is InChI=1S/C30H42F3N7O2/c1-28(2,3)39-19-8-10-24(23(16-19)38-27(42)29(34)12-5-4-6-13-29)40-14-11-22(26(40)41)37-25-20-15-18(30(31,32)33)7-9-21(20)35-17-36-25/h7,9,15,17,19,22-24,39H,4-6,8,10-14,16,34H2,1-3H3,(H,38,42)(H,35,36,37)/t19-,22+,23-,24+/m1/s1. The van der Waals surface area contributed by atoms with Gasteiger partial charge in [0.05, 0.1) is 28.7 Å². The fourth-order valence-corrected chi connectivity index (χ4v) is 6.83. The third-order valence-corrected chi connectivity index (χ3v) is 8.88. The number of halogens is 3. The molecule has 230 valence electrons. The molecule has 42 heavy (non-hydrogen) atoms. The van der Waals surface area contributed by atoms with Crippen LogP contribution >= 0.6 is 0 Å². The molecule has 3 aliphatic rings. The second-order valence-corrected chi connectivity index (χ2v) is 13.2. The van der Waals surface area contributed by atoms with Crippen LogP contribution in [-0.4, -0.2) is 68.5 Å². The predicted octanol–water partition coefficient (Wildman–Crippen LogP) is 4.12. The second kappa shape index (κ2) is 11.6. The first kappa shape index (κ1) is 30.5. The summed E-state index contributed by atoms with van der Waals surface area (Å²) in [7, 11) is 0. The lowest BCUT2D eigenvalue weighted by Crippen LogP contribution is -2.64. The van der Waals surface area contributed by atoms with Crippen LogP contribution in [0.25, 0.3) is 10.9 Å². The summed E-state index contributed by atoms with van der Waals surface area (Å²) in [4.78, 5) is 37.3. The fourth-order valence-electron chi connectivity index (χ4n) is 6.83. The first-order valence-corrected chi connectivity index (χ1v) is 15.0. The number of likely N-dealkylation sites (tertiary alicyclic amines) is 1. The van der Waals surface area contributed by atoms with Crippen molar-refractivity contribution in [3.63, 3.8) is 0 Å². The van der Waals surface area contributed by atoms with Crippen molar-refractivity contribution < 1.29 is 22.8 Å². The molecular formula is C30H42F3N7O2. The minimum atomic E-state index is -4.51. The van der Waals surface area contributed by atoms with Crippen molar-refractivity contribution in [2.24, 2.45) is 5.73 Å². The van der Waals surface area contributed by atoms with Gasteiger partial charge in [0.25, 0.3) is 0 Å². The van der Waals surface area contributed by atoms with Gasteiger partial charge in [-0.15, -0.1) is 0 Å². The summed E-state index contributed by atoms with van der Waals surface area (Å²) in [6.45, 7) is 6.80. The van der Waals surface area contributed by atoms with Crippen LogP contribution in [0, 0.1) is 0 Å². The highest BCUT2D eigenvalue weighted by Crippen LogP contribution is 2.34. The van der Waals surface area contributed by atoms with E-state index in [-0.39, 0.29) is 46.7 Å². The molecule has 2 amide bonds. The second-order valence-electron chi connectivity index (χ2n) is 13.2. The van der Waals surface area contributed by atoms with Crippen LogP contribution in [0.4, 0.5) is 19.0 Å². The number of amides is 2. The maximum Gasteiger partial charge on any atom is 0.416 e. The molecule has 2 aliphatic carbocycles. The van der Waals surface area contributed by atoms with Crippen molar-refractivity contribution in [1.29, 1.82) is 0 Å². The molecule has 9 nitrogen and oxygen atoms in total. The number of alkyl halides is 3. The fraction of sp³-hybridized carbons (Fsp3) is 0.667. The Morgan fingerprint density at radius 2 is 1.81 bits per heavy atom. The number of aromatic nitrogens is 2. The van der Waals surface area contributed by atoms with Gasteiger partial charge in [0.1, 0.15) is 18.2 Å². The summed E-state index contributed by atoms with van der Waals surface area (Å²) < 4.78 is 40.2. The van der Waals surface area contributed by atoms with Crippen LogP contribution in [0.2, 0.25) is 0 Å². The Labute approximate surface area is 244 Å². The third-order valence-electron chi connectivity index (χ3n) is 8.88. The lowest BCUT2D eigenvalue weighted by atomic mass is 9.80. The number of benzene rings is 1. The Bertz CT molecular complexity index is 1310. The van der Waals surface area contributed by atoms with Crippen molar-refractivity contribution in [1.82, 2.24) is 25.5 Å². The first-order chi connectivity index (χ1) is 19.7. The Morgan fingerprint density at radius 3 is 2.50 bits per heavy atom. The molecule has 5 N–H and O–H groups in total. The average molecular weight is 590 g/mol. The molecule has 0 unspecified atom stereocenters. The van der Waals surface area contributed by atoms with Gasteiger partial charge < -0.3 is 26.6 Å². The largest absolute Gasteiger partial charge is 0.416 e. The van der Waals surface area contributed by atoms with Crippen molar-refractivity contribution >= 4 is 28.5 Å². The van der Waals surface area contributed by atoms with Crippen LogP contribution in [-0.2, 0) is 15.8 Å². The zero-order valence-electron chi connectivity index (χ0n) is 24.6. The quantitative estimate of drug-likeness (QED) is 0.400. The molecular weight excluding hydrogens is 547 g/mol. The lowest BCUT2D eigenvalue weighted by Gasteiger charge is -2.44. The smallest absolute Gasteiger partial charge is 0.358 e. The van der Waals surface area contributed by atoms with Gasteiger partial charge >= 0.3 is 6.18 Å². The van der Waals surface area contributed by atoms with Crippen LogP contribution in [0.15, 0.2) is 24.5 Å². The lowest BCUT2D eigenvalue weighted by molar-refractivity contribution is -0.137. The number of hydrogen-bond acceptors (Lipinski definition) is 7. The molecule has 2 aromatic rings. The molecule has 0 bridgehead atoms. The minimum absolute atomic E-state index is 0.102. The topological polar surface area (TPSA) is 125 Å². The van der Waals surface area contributed by atoms with E-state index in [9.17, 15) is 22.8 Å². The van der Waals surface area contributed by atoms with E-state index in [1.165, 1.54) is 12.4 Å². The van der Waals surface area contributed by atoms with E-state index in [0.29, 0.717) is 44.2 Å². The monoisotopic (exact) mass is 589 g/mol. The van der Waals surface area contributed by atoms with E-state index in [1.54, 1.807) is 0 Å². The molecule has 12 heteroatoms. The number of carbonyl (C=O) groups is 2. The van der Waals surface area contributed by atoms with Crippen LogP contribution in [0.1, 0.15) is 84.1 Å². The molecule has 3 fully saturated rings. The van der Waals surface area contributed by atoms with E-state index in [4.69, 9.17) is 5.73 Å². The highest BCUT2D eigenvalue weighted by Gasteiger charge is 2.45. The van der Waals surface area contributed by atoms with Gasteiger partial charge in [0.15, 0.2) is 0 Å². The molecule has 5 rings (SSSR count). The van der Waals surface area contributed by atoms with E-state index in [1.807, 2.05) is 4.90 Å². The Hall–Kier alpha value is -2.99. The maximum absolute atomic E-state index is 13.8. The van der Waals surface area contributed by atoms with E-state index in [2.05, 4.69) is 46.7 Å². The highest BCUT2D eigenvalue weighted by molar-refractivity contribution is 5.93. The van der Waals surface area contributed by atoms with Gasteiger partial charge in [-0.1, -0.05) is 19.3 Å². The van der Waals surface area contributed by atoms with E-state index >= 15 is 0 Å². The zero-order chi connectivity index (χ0) is 30.3. The average Bonchev–Trinajstić information content (AvgIpc) is 3.27. The number of hydrogen-bond donors (Lipinski definition) is 4. The number of nitrogens with two attached hydrogens (primary N) is 1. The summed E-state index contributed by atoms with van der Waals surface area (Å²) in [5, 5.41) is 10.2. The van der Waals surface area contributed by atoms with Crippen LogP contribution in [0.3, 0.4) is 0 Å². The van der Waals surface area contributed by atoms with E-state index < -0.39 is 23.3 Å². The molecule has 4 atom stereocenters. The SMILES string of the molecule is CC(C)(C)N[C@@H]1CC[C@H](N2CC[C@H](Nc3ncnc4ccc(C(F)(F)F)cc34)C2=O)[C@H](NC(=O)C2(N)CCCCC2)C1. The summed E-state index contributed by atoms with van der Waals surface area (Å²) >= 11 is 0. The number of nitrogens with zero attached hydrogens (tertiary/aromatic N) is 3. The Balaban J connectivity index is 1.34. The minimum Gasteiger partial charge on any atom is -0.358 e. The van der Waals surface area contributed by atoms with Gasteiger partial charge in [-0.25, -0.2) is 9.97 Å². The maximum atomic E-state index is 13.8. The predicted molar refractivity (Wildman–Crippen MR) is 155 cm³/mol. The summed E-state index contributed by atoms with van der Waals surface area (Å²) in [5.41, 5.74) is 5.13. The molecule has 0 spiro atoms. The molecule has 1 aromatic heterocycles. The summed E-state index contributed by atoms with van der Waals surface area (Å²) in [6.07, 6.45) is 3.67. The zero-order valence-corrected chi connectivity index (χ0v) is 24.6. The summed E-state index contributed by atoms with van der Waals surface area (Å²) in [6, 6.07) is 2.34. The molecule has 1 aromatic carbocycles. The molecule has 1 aliphatic heterocycles. The van der Waals surface area contributed by atoms with Gasteiger partial charge in [0.2, 0.25) is 11.8 Å². The van der Waals surface area contributed by atoms with Gasteiger partial charge in [0, 0.05) is 23.5 Å². The van der Waals surface area contributed by atoms with Gasteiger partial charge in [-0.2, -0.15) is 13.2 Å². The van der Waals surface area contributed by atoms with Gasteiger partial charge in [-0.05, 0) is 77.5 Å². The highest BCUT2D eigenvalue weighted by atomic mass is 19.4. The summed E-state index contributed by atoms with van der Waals surface area (Å²) in [5.74, 6) is -0.111. The van der Waals surface area contributed by atoms with Crippen LogP contribution < -0.4 is 21.7 Å². The Kier molecular flexibility index (Phi) is 8.41. The molecule has 1 saturated heterocycles. The van der Waals surface area contributed by atoms with E-state index in [0.717, 1.165) is 37.8 Å². The van der Waals surface area contributed by atoms with Crippen LogP contribution in [0.5, 0.6) is 0 Å². The van der Waals surface area contributed by atoms with Crippen molar-refractivity contribution in [3.05, 3.63) is 30.1 Å². The number of anilines is 1. The molecule has 0 radical (unpaired) electrons. The first-order valence-electron chi connectivity index (χ1n) is 15.0. The number of fused-ring (bicyclic) bond motifs is 1. The molecule has 2 saturated carbocycles.